The van der Waals surface area contributed by atoms with Crippen LogP contribution >= 0.6 is 11.6 Å². The molecular weight excluding hydrogens is 903 g/mol. The molecule has 0 aliphatic rings. The van der Waals surface area contributed by atoms with Crippen LogP contribution in [0, 0.1) is 0 Å². The van der Waals surface area contributed by atoms with E-state index in [-0.39, 0.29) is 43.1 Å². The first-order valence-electron chi connectivity index (χ1n) is 20.7. The van der Waals surface area contributed by atoms with Crippen LogP contribution < -0.4 is 26.0 Å². The van der Waals surface area contributed by atoms with E-state index in [2.05, 4.69) is 46.6 Å². The van der Waals surface area contributed by atoms with Crippen molar-refractivity contribution in [1.29, 1.82) is 0 Å². The first-order valence-corrected chi connectivity index (χ1v) is 21.1. The summed E-state index contributed by atoms with van der Waals surface area (Å²) in [4.78, 5) is 83.0. The molecule has 2 aromatic heterocycles. The maximum absolute atomic E-state index is 14.6. The van der Waals surface area contributed by atoms with Crippen LogP contribution in [0.5, 0.6) is 5.75 Å². The maximum Gasteiger partial charge on any atom is 0.573 e. The molecule has 4 aromatic carbocycles. The Kier molecular flexibility index (Phi) is 15.5. The zero-order chi connectivity index (χ0) is 48.5. The molecule has 67 heavy (non-hydrogen) atoms. The molecule has 0 bridgehead atoms. The highest BCUT2D eigenvalue weighted by molar-refractivity contribution is 6.31. The molecule has 0 aliphatic carbocycles. The van der Waals surface area contributed by atoms with E-state index in [1.807, 2.05) is 36.4 Å². The van der Waals surface area contributed by atoms with Gasteiger partial charge in [0, 0.05) is 35.4 Å². The van der Waals surface area contributed by atoms with Gasteiger partial charge in [0.1, 0.15) is 35.2 Å². The number of H-pyrrole nitrogens is 1. The molecule has 0 radical (unpaired) electrons. The van der Waals surface area contributed by atoms with E-state index in [1.54, 1.807) is 45.9 Å². The molecule has 352 valence electrons. The molecule has 22 heteroatoms. The van der Waals surface area contributed by atoms with Crippen LogP contribution in [0.2, 0.25) is 5.02 Å². The fraction of sp³-hybridized carbons (Fsp3) is 0.311. The van der Waals surface area contributed by atoms with Crippen molar-refractivity contribution < 1.29 is 56.1 Å². The minimum Gasteiger partial charge on any atom is -0.466 e. The predicted octanol–water partition coefficient (Wildman–Crippen LogP) is 6.18. The molecule has 0 spiro atoms. The molecule has 0 fully saturated rings. The summed E-state index contributed by atoms with van der Waals surface area (Å²) in [7, 11) is 0. The van der Waals surface area contributed by atoms with E-state index in [1.165, 1.54) is 12.1 Å². The van der Waals surface area contributed by atoms with E-state index in [4.69, 9.17) is 21.1 Å². The fourth-order valence-corrected chi connectivity index (χ4v) is 7.02. The highest BCUT2D eigenvalue weighted by Crippen LogP contribution is 2.27. The lowest BCUT2D eigenvalue weighted by Crippen LogP contribution is -2.57. The van der Waals surface area contributed by atoms with Crippen LogP contribution in [-0.4, -0.2) is 97.6 Å². The lowest BCUT2D eigenvalue weighted by molar-refractivity contribution is -0.274. The van der Waals surface area contributed by atoms with Crippen molar-refractivity contribution in [2.24, 2.45) is 0 Å². The van der Waals surface area contributed by atoms with Gasteiger partial charge in [-0.15, -0.1) is 23.4 Å². The lowest BCUT2D eigenvalue weighted by atomic mass is 10.0. The van der Waals surface area contributed by atoms with Crippen molar-refractivity contribution in [3.05, 3.63) is 113 Å². The molecule has 3 atom stereocenters. The van der Waals surface area contributed by atoms with E-state index in [9.17, 15) is 41.9 Å². The van der Waals surface area contributed by atoms with Crippen molar-refractivity contribution in [3.8, 4) is 5.75 Å². The second kappa shape index (κ2) is 21.2. The average molecular weight is 948 g/mol. The number of anilines is 1. The standard InChI is InChI=1S/C45H45ClF3N9O9/c1-5-65-38(59)19-17-32(39(60)50-30-13-15-31(16-14-30)66-45(47,48)49)51-41(62)34(24-37-54-56-57-55-37)52-40(61)33(21-25-10-11-26-8-6-7-9-27(26)20-25)53-42(63)36-23-28-22-29(46)12-18-35(28)58(36)43(64)67-44(2,3)4/h6-16,18,20,22-23,32-34H,5,17,19,21,24H2,1-4H3,(H,50,60)(H,51,62)(H,52,61)(H,53,63)(H,54,55,56,57)/t32-,33-,34-/m0/s1. The Hall–Kier alpha value is -7.55. The average Bonchev–Trinajstić information content (AvgIpc) is 3.92. The number of amides is 4. The van der Waals surface area contributed by atoms with Crippen LogP contribution in [0.3, 0.4) is 0 Å². The zero-order valence-corrected chi connectivity index (χ0v) is 37.2. The third kappa shape index (κ3) is 13.7. The van der Waals surface area contributed by atoms with Gasteiger partial charge >= 0.3 is 18.4 Å². The number of aromatic amines is 1. The van der Waals surface area contributed by atoms with E-state index < -0.39 is 78.0 Å². The minimum atomic E-state index is -4.96. The van der Waals surface area contributed by atoms with Gasteiger partial charge in [0.25, 0.3) is 5.91 Å². The molecule has 6 aromatic rings. The van der Waals surface area contributed by atoms with Gasteiger partial charge in [0.05, 0.1) is 12.1 Å². The predicted molar refractivity (Wildman–Crippen MR) is 237 cm³/mol. The summed E-state index contributed by atoms with van der Waals surface area (Å²) in [5.41, 5.74) is -0.231. The van der Waals surface area contributed by atoms with Crippen molar-refractivity contribution in [2.45, 2.75) is 83.5 Å². The number of benzene rings is 4. The zero-order valence-electron chi connectivity index (χ0n) is 36.4. The number of hydrogen-bond donors (Lipinski definition) is 5. The molecule has 6 rings (SSSR count). The number of halogens is 4. The number of alkyl halides is 3. The van der Waals surface area contributed by atoms with Crippen molar-refractivity contribution in [3.63, 3.8) is 0 Å². The number of nitrogens with one attached hydrogen (secondary N) is 5. The number of tetrazole rings is 1. The van der Waals surface area contributed by atoms with Crippen LogP contribution in [0.1, 0.15) is 62.4 Å². The SMILES string of the molecule is CCOC(=O)CC[C@H](NC(=O)[C@H](Cc1nn[nH]n1)NC(=O)[C@H](Cc1ccc2ccccc2c1)NC(=O)c1cc2cc(Cl)ccc2n1C(=O)OC(C)(C)C)C(=O)Nc1ccc(OC(F)(F)F)cc1. The molecule has 0 unspecified atom stereocenters. The van der Waals surface area contributed by atoms with Gasteiger partial charge in [-0.1, -0.05) is 59.3 Å². The quantitative estimate of drug-likeness (QED) is 0.0645. The third-order valence-corrected chi connectivity index (χ3v) is 10.0. The first kappa shape index (κ1) is 48.9. The van der Waals surface area contributed by atoms with Gasteiger partial charge in [-0.2, -0.15) is 5.21 Å². The first-order chi connectivity index (χ1) is 31.7. The molecule has 18 nitrogen and oxygen atoms in total. The second-order valence-electron chi connectivity index (χ2n) is 16.0. The molecule has 2 heterocycles. The number of aromatic nitrogens is 5. The van der Waals surface area contributed by atoms with Gasteiger partial charge in [-0.25, -0.2) is 9.36 Å². The van der Waals surface area contributed by atoms with Crippen molar-refractivity contribution in [2.75, 3.05) is 11.9 Å². The van der Waals surface area contributed by atoms with Gasteiger partial charge in [0.2, 0.25) is 17.7 Å². The van der Waals surface area contributed by atoms with Crippen LogP contribution in [0.15, 0.2) is 91.0 Å². The third-order valence-electron chi connectivity index (χ3n) is 9.79. The lowest BCUT2D eigenvalue weighted by Gasteiger charge is -2.25. The molecular formula is C45H45ClF3N9O9. The second-order valence-corrected chi connectivity index (χ2v) is 16.5. The molecule has 0 saturated heterocycles. The molecule has 5 N–H and O–H groups in total. The Balaban J connectivity index is 1.31. The topological polar surface area (TPSA) is 238 Å². The van der Waals surface area contributed by atoms with Gasteiger partial charge in [0.15, 0.2) is 5.82 Å². The molecule has 0 saturated carbocycles. The molecule has 0 aliphatic heterocycles. The van der Waals surface area contributed by atoms with E-state index in [0.29, 0.717) is 21.5 Å². The summed E-state index contributed by atoms with van der Waals surface area (Å²) in [6.07, 6.45) is -7.03. The minimum absolute atomic E-state index is 0.0210. The Labute approximate surface area is 385 Å². The van der Waals surface area contributed by atoms with Crippen LogP contribution in [0.4, 0.5) is 23.7 Å². The Morgan fingerprint density at radius 1 is 0.776 bits per heavy atom. The van der Waals surface area contributed by atoms with Gasteiger partial charge < -0.3 is 35.5 Å². The summed E-state index contributed by atoms with van der Waals surface area (Å²) >= 11 is 6.28. The number of fused-ring (bicyclic) bond motifs is 2. The Bertz CT molecular complexity index is 2760. The monoisotopic (exact) mass is 947 g/mol. The number of esters is 1. The van der Waals surface area contributed by atoms with Crippen LogP contribution in [-0.2, 0) is 41.5 Å². The normalized spacial score (nSPS) is 13.0. The smallest absolute Gasteiger partial charge is 0.466 e. The highest BCUT2D eigenvalue weighted by atomic mass is 35.5. The number of ether oxygens (including phenoxy) is 3. The summed E-state index contributed by atoms with van der Waals surface area (Å²) in [5, 5.41) is 26.5. The molecule has 4 amide bonds. The van der Waals surface area contributed by atoms with E-state index >= 15 is 0 Å². The number of carbonyl (C=O) groups is 6. The van der Waals surface area contributed by atoms with Crippen molar-refractivity contribution in [1.82, 2.24) is 41.1 Å². The Morgan fingerprint density at radius 2 is 1.46 bits per heavy atom. The van der Waals surface area contributed by atoms with Crippen molar-refractivity contribution >= 4 is 74.7 Å². The highest BCUT2D eigenvalue weighted by Gasteiger charge is 2.34. The summed E-state index contributed by atoms with van der Waals surface area (Å²) < 4.78 is 53.9. The Morgan fingerprint density at radius 3 is 2.12 bits per heavy atom. The van der Waals surface area contributed by atoms with E-state index in [0.717, 1.165) is 39.6 Å². The number of hydrogen-bond acceptors (Lipinski definition) is 12. The fourth-order valence-electron chi connectivity index (χ4n) is 6.84. The number of rotatable bonds is 17. The summed E-state index contributed by atoms with van der Waals surface area (Å²) in [6, 6.07) is 18.7. The largest absolute Gasteiger partial charge is 0.573 e. The van der Waals surface area contributed by atoms with Gasteiger partial charge in [-0.05, 0) is 99.0 Å². The number of nitrogens with zero attached hydrogens (tertiary/aromatic N) is 4. The maximum atomic E-state index is 14.6. The van der Waals surface area contributed by atoms with Crippen LogP contribution in [0.25, 0.3) is 21.7 Å². The summed E-state index contributed by atoms with van der Waals surface area (Å²) in [5.74, 6) is -4.88. The summed E-state index contributed by atoms with van der Waals surface area (Å²) in [6.45, 7) is 6.58. The number of carbonyl (C=O) groups excluding carboxylic acids is 6. The van der Waals surface area contributed by atoms with Gasteiger partial charge in [-0.3, -0.25) is 24.0 Å².